The van der Waals surface area contributed by atoms with Gasteiger partial charge in [-0.25, -0.2) is 0 Å². The molecule has 0 saturated heterocycles. The van der Waals surface area contributed by atoms with Crippen LogP contribution in [0.3, 0.4) is 0 Å². The third-order valence-electron chi connectivity index (χ3n) is 0.739. The minimum Gasteiger partial charge on any atom is -0.354 e. The van der Waals surface area contributed by atoms with Gasteiger partial charge in [-0.15, -0.1) is 0 Å². The molecule has 1 heterocycles. The van der Waals surface area contributed by atoms with Crippen LogP contribution in [0.5, 0.6) is 0 Å². The molecule has 0 aromatic carbocycles. The van der Waals surface area contributed by atoms with Gasteiger partial charge in [0.1, 0.15) is 0 Å². The largest absolute Gasteiger partial charge is 0.354 e. The molecule has 0 aliphatic carbocycles. The Kier molecular flexibility index (Phi) is 1.17. The molecule has 1 aliphatic heterocycles. The molecule has 1 aliphatic rings. The molecular formula is C4H6N2O. The lowest BCUT2D eigenvalue weighted by atomic mass is 10.6. The summed E-state index contributed by atoms with van der Waals surface area (Å²) in [6, 6.07) is 0. The molecule has 0 spiro atoms. The summed E-state index contributed by atoms with van der Waals surface area (Å²) < 4.78 is 4.76. The van der Waals surface area contributed by atoms with Crippen molar-refractivity contribution in [3.05, 3.63) is 12.3 Å². The molecule has 0 radical (unpaired) electrons. The van der Waals surface area contributed by atoms with E-state index in [4.69, 9.17) is 4.74 Å². The Morgan fingerprint density at radius 1 is 1.71 bits per heavy atom. The minimum atomic E-state index is -0.125. The molecule has 0 bridgehead atoms. The molecule has 0 fully saturated rings. The Morgan fingerprint density at radius 3 is 2.86 bits per heavy atom. The summed E-state index contributed by atoms with van der Waals surface area (Å²) in [5, 5.41) is 7.20. The molecule has 1 atom stereocenters. The third-order valence-corrected chi connectivity index (χ3v) is 0.739. The molecule has 38 valence electrons. The van der Waals surface area contributed by atoms with Crippen molar-refractivity contribution in [2.24, 2.45) is 10.2 Å². The maximum Gasteiger partial charge on any atom is 0.189 e. The Hall–Kier alpha value is -0.700. The number of hydrogen-bond donors (Lipinski definition) is 0. The van der Waals surface area contributed by atoms with Crippen LogP contribution in [0.1, 0.15) is 0 Å². The van der Waals surface area contributed by atoms with E-state index in [0.29, 0.717) is 0 Å². The van der Waals surface area contributed by atoms with Crippen LogP contribution in [0.4, 0.5) is 0 Å². The third kappa shape index (κ3) is 0.838. The number of methoxy groups -OCH3 is 1. The summed E-state index contributed by atoms with van der Waals surface area (Å²) in [5.41, 5.74) is 0. The van der Waals surface area contributed by atoms with Gasteiger partial charge in [-0.1, -0.05) is 0 Å². The first-order valence-corrected chi connectivity index (χ1v) is 2.03. The minimum absolute atomic E-state index is 0.125. The van der Waals surface area contributed by atoms with Crippen molar-refractivity contribution in [2.75, 3.05) is 7.11 Å². The zero-order valence-corrected chi connectivity index (χ0v) is 4.03. The zero-order chi connectivity index (χ0) is 5.11. The van der Waals surface area contributed by atoms with Crippen molar-refractivity contribution >= 4 is 0 Å². The fourth-order valence-electron chi connectivity index (χ4n) is 0.381. The number of nitrogens with zero attached hydrogens (tertiary/aromatic N) is 2. The average Bonchev–Trinajstić information content (AvgIpc) is 2.14. The van der Waals surface area contributed by atoms with Gasteiger partial charge in [0.25, 0.3) is 0 Å². The summed E-state index contributed by atoms with van der Waals surface area (Å²) in [6.07, 6.45) is 3.27. The van der Waals surface area contributed by atoms with Crippen molar-refractivity contribution < 1.29 is 4.74 Å². The lowest BCUT2D eigenvalue weighted by Crippen LogP contribution is -1.97. The van der Waals surface area contributed by atoms with E-state index < -0.39 is 0 Å². The van der Waals surface area contributed by atoms with Crippen molar-refractivity contribution in [2.45, 2.75) is 6.23 Å². The van der Waals surface area contributed by atoms with Crippen LogP contribution in [0, 0.1) is 0 Å². The molecule has 0 N–H and O–H groups in total. The number of rotatable bonds is 1. The van der Waals surface area contributed by atoms with Crippen molar-refractivity contribution in [1.82, 2.24) is 0 Å². The van der Waals surface area contributed by atoms with E-state index in [9.17, 15) is 0 Å². The Balaban J connectivity index is 2.44. The molecule has 3 nitrogen and oxygen atoms in total. The highest BCUT2D eigenvalue weighted by molar-refractivity contribution is 4.90. The van der Waals surface area contributed by atoms with Gasteiger partial charge < -0.3 is 4.74 Å². The van der Waals surface area contributed by atoms with E-state index in [1.807, 2.05) is 0 Å². The lowest BCUT2D eigenvalue weighted by Gasteiger charge is -1.94. The number of azo groups is 1. The molecule has 3 heteroatoms. The van der Waals surface area contributed by atoms with Crippen molar-refractivity contribution in [3.8, 4) is 0 Å². The fraction of sp³-hybridized carbons (Fsp3) is 0.500. The summed E-state index contributed by atoms with van der Waals surface area (Å²) in [5.74, 6) is 0. The SMILES string of the molecule is COC1C=CN=N1. The highest BCUT2D eigenvalue weighted by Crippen LogP contribution is 2.01. The topological polar surface area (TPSA) is 34.0 Å². The number of hydrogen-bond acceptors (Lipinski definition) is 3. The van der Waals surface area contributed by atoms with Crippen LogP contribution in [-0.2, 0) is 4.74 Å². The van der Waals surface area contributed by atoms with Gasteiger partial charge in [-0.05, 0) is 6.08 Å². The van der Waals surface area contributed by atoms with Crippen LogP contribution >= 0.6 is 0 Å². The van der Waals surface area contributed by atoms with E-state index in [0.717, 1.165) is 0 Å². The normalized spacial score (nSPS) is 26.7. The Labute approximate surface area is 41.7 Å². The van der Waals surface area contributed by atoms with Gasteiger partial charge in [-0.2, -0.15) is 10.2 Å². The molecule has 0 aromatic rings. The quantitative estimate of drug-likeness (QED) is 0.480. The van der Waals surface area contributed by atoms with Crippen LogP contribution in [0.25, 0.3) is 0 Å². The summed E-state index contributed by atoms with van der Waals surface area (Å²) in [6.45, 7) is 0. The first kappa shape index (κ1) is 4.46. The second kappa shape index (κ2) is 1.84. The molecule has 0 amide bonds. The van der Waals surface area contributed by atoms with Crippen LogP contribution in [-0.4, -0.2) is 13.3 Å². The van der Waals surface area contributed by atoms with Crippen LogP contribution < -0.4 is 0 Å². The van der Waals surface area contributed by atoms with Crippen molar-refractivity contribution in [1.29, 1.82) is 0 Å². The second-order valence-corrected chi connectivity index (χ2v) is 1.20. The monoisotopic (exact) mass is 98.0 g/mol. The molecule has 7 heavy (non-hydrogen) atoms. The van der Waals surface area contributed by atoms with Gasteiger partial charge >= 0.3 is 0 Å². The first-order chi connectivity index (χ1) is 3.43. The molecule has 0 aromatic heterocycles. The zero-order valence-electron chi connectivity index (χ0n) is 4.03. The predicted molar refractivity (Wildman–Crippen MR) is 24.8 cm³/mol. The standard InChI is InChI=1S/C4H6N2O/c1-7-4-2-3-5-6-4/h2-4H,1H3. The molecule has 1 unspecified atom stereocenters. The van der Waals surface area contributed by atoms with Gasteiger partial charge in [-0.3, -0.25) is 0 Å². The van der Waals surface area contributed by atoms with E-state index in [2.05, 4.69) is 10.2 Å². The maximum absolute atomic E-state index is 4.76. The summed E-state index contributed by atoms with van der Waals surface area (Å²) in [4.78, 5) is 0. The highest BCUT2D eigenvalue weighted by atomic mass is 16.5. The maximum atomic E-state index is 4.76. The average molecular weight is 98.1 g/mol. The van der Waals surface area contributed by atoms with E-state index >= 15 is 0 Å². The first-order valence-electron chi connectivity index (χ1n) is 2.03. The smallest absolute Gasteiger partial charge is 0.189 e. The molecular weight excluding hydrogens is 92.1 g/mol. The van der Waals surface area contributed by atoms with Gasteiger partial charge in [0.2, 0.25) is 0 Å². The number of ether oxygens (including phenoxy) is 1. The van der Waals surface area contributed by atoms with Crippen molar-refractivity contribution in [3.63, 3.8) is 0 Å². The van der Waals surface area contributed by atoms with E-state index in [1.165, 1.54) is 0 Å². The van der Waals surface area contributed by atoms with Gasteiger partial charge in [0.15, 0.2) is 6.23 Å². The van der Waals surface area contributed by atoms with Gasteiger partial charge in [0.05, 0.1) is 0 Å². The summed E-state index contributed by atoms with van der Waals surface area (Å²) >= 11 is 0. The molecule has 0 saturated carbocycles. The highest BCUT2D eigenvalue weighted by Gasteiger charge is 1.99. The fourth-order valence-corrected chi connectivity index (χ4v) is 0.381. The second-order valence-electron chi connectivity index (χ2n) is 1.20. The van der Waals surface area contributed by atoms with E-state index in [1.54, 1.807) is 19.4 Å². The Morgan fingerprint density at radius 2 is 2.57 bits per heavy atom. The van der Waals surface area contributed by atoms with E-state index in [-0.39, 0.29) is 6.23 Å². The summed E-state index contributed by atoms with van der Waals surface area (Å²) in [7, 11) is 1.60. The van der Waals surface area contributed by atoms with Crippen LogP contribution in [0.2, 0.25) is 0 Å². The predicted octanol–water partition coefficient (Wildman–Crippen LogP) is 0.938. The Bertz CT molecular complexity index is 96.3. The lowest BCUT2D eigenvalue weighted by molar-refractivity contribution is 0.147. The molecule has 1 rings (SSSR count). The van der Waals surface area contributed by atoms with Crippen LogP contribution in [0.15, 0.2) is 22.5 Å². The van der Waals surface area contributed by atoms with Gasteiger partial charge in [0, 0.05) is 13.3 Å².